The predicted octanol–water partition coefficient (Wildman–Crippen LogP) is 3.98. The molecule has 2 aromatic rings. The minimum atomic E-state index is -0.0293. The SMILES string of the molecule is N#Cc1ccc(N2C3CCC2CC(N=O)C3)c2ccccc12. The Balaban J connectivity index is 1.83. The van der Waals surface area contributed by atoms with Gasteiger partial charge in [-0.1, -0.05) is 29.4 Å². The Morgan fingerprint density at radius 2 is 1.73 bits per heavy atom. The molecule has 2 aromatic carbocycles. The Morgan fingerprint density at radius 3 is 2.36 bits per heavy atom. The zero-order valence-electron chi connectivity index (χ0n) is 12.3. The number of hydrogen-bond donors (Lipinski definition) is 0. The monoisotopic (exact) mass is 291 g/mol. The topological polar surface area (TPSA) is 56.5 Å². The van der Waals surface area contributed by atoms with Crippen molar-refractivity contribution in [2.24, 2.45) is 5.18 Å². The van der Waals surface area contributed by atoms with E-state index in [0.717, 1.165) is 42.0 Å². The van der Waals surface area contributed by atoms with E-state index in [9.17, 15) is 10.2 Å². The maximum Gasteiger partial charge on any atom is 0.0998 e. The van der Waals surface area contributed by atoms with Crippen molar-refractivity contribution in [2.75, 3.05) is 4.90 Å². The molecule has 4 nitrogen and oxygen atoms in total. The first kappa shape index (κ1) is 13.3. The van der Waals surface area contributed by atoms with E-state index in [1.165, 1.54) is 5.69 Å². The molecule has 2 heterocycles. The third-order valence-corrected chi connectivity index (χ3v) is 5.16. The summed E-state index contributed by atoms with van der Waals surface area (Å²) >= 11 is 0. The quantitative estimate of drug-likeness (QED) is 0.786. The molecule has 2 aliphatic rings. The molecule has 0 amide bonds. The average Bonchev–Trinajstić information content (AvgIpc) is 2.83. The summed E-state index contributed by atoms with van der Waals surface area (Å²) in [7, 11) is 0. The number of piperidine rings is 1. The highest BCUT2D eigenvalue weighted by Crippen LogP contribution is 2.43. The van der Waals surface area contributed by atoms with Crippen LogP contribution in [0.1, 0.15) is 31.2 Å². The molecule has 4 rings (SSSR count). The van der Waals surface area contributed by atoms with Crippen LogP contribution in [0.15, 0.2) is 41.6 Å². The van der Waals surface area contributed by atoms with Gasteiger partial charge in [0.1, 0.15) is 0 Å². The van der Waals surface area contributed by atoms with Gasteiger partial charge in [0.2, 0.25) is 0 Å². The Hall–Kier alpha value is -2.41. The van der Waals surface area contributed by atoms with E-state index in [0.29, 0.717) is 12.1 Å². The molecule has 2 fully saturated rings. The van der Waals surface area contributed by atoms with Crippen LogP contribution in [0.2, 0.25) is 0 Å². The first-order valence-corrected chi connectivity index (χ1v) is 7.84. The van der Waals surface area contributed by atoms with Crippen molar-refractivity contribution in [3.8, 4) is 6.07 Å². The molecule has 110 valence electrons. The second kappa shape index (κ2) is 5.10. The van der Waals surface area contributed by atoms with Gasteiger partial charge in [-0.2, -0.15) is 10.2 Å². The normalized spacial score (nSPS) is 26.9. The van der Waals surface area contributed by atoms with Crippen LogP contribution in [-0.2, 0) is 0 Å². The summed E-state index contributed by atoms with van der Waals surface area (Å²) in [5.41, 5.74) is 1.92. The van der Waals surface area contributed by atoms with E-state index in [2.05, 4.69) is 28.3 Å². The molecule has 0 spiro atoms. The van der Waals surface area contributed by atoms with Gasteiger partial charge in [-0.25, -0.2) is 0 Å². The largest absolute Gasteiger partial charge is 0.365 e. The Kier molecular flexibility index (Phi) is 3.07. The third-order valence-electron chi connectivity index (χ3n) is 5.16. The highest BCUT2D eigenvalue weighted by atomic mass is 16.3. The number of nitrogens with zero attached hydrogens (tertiary/aromatic N) is 3. The first-order valence-electron chi connectivity index (χ1n) is 7.84. The minimum Gasteiger partial charge on any atom is -0.365 e. The van der Waals surface area contributed by atoms with Gasteiger partial charge in [0.15, 0.2) is 0 Å². The predicted molar refractivity (Wildman–Crippen MR) is 86.8 cm³/mol. The van der Waals surface area contributed by atoms with Crippen LogP contribution in [-0.4, -0.2) is 18.1 Å². The molecule has 2 atom stereocenters. The van der Waals surface area contributed by atoms with Gasteiger partial charge in [0.05, 0.1) is 17.7 Å². The van der Waals surface area contributed by atoms with E-state index < -0.39 is 0 Å². The molecule has 2 saturated heterocycles. The maximum absolute atomic E-state index is 10.9. The van der Waals surface area contributed by atoms with E-state index in [1.807, 2.05) is 24.3 Å². The van der Waals surface area contributed by atoms with Crippen LogP contribution in [0.3, 0.4) is 0 Å². The van der Waals surface area contributed by atoms with Crippen molar-refractivity contribution in [3.63, 3.8) is 0 Å². The lowest BCUT2D eigenvalue weighted by molar-refractivity contribution is 0.415. The Morgan fingerprint density at radius 1 is 1.05 bits per heavy atom. The number of anilines is 1. The van der Waals surface area contributed by atoms with Gasteiger partial charge in [0, 0.05) is 28.5 Å². The number of rotatable bonds is 2. The van der Waals surface area contributed by atoms with Crippen LogP contribution in [0.4, 0.5) is 5.69 Å². The molecule has 0 radical (unpaired) electrons. The first-order chi connectivity index (χ1) is 10.8. The summed E-state index contributed by atoms with van der Waals surface area (Å²) in [6, 6.07) is 15.1. The maximum atomic E-state index is 10.9. The van der Waals surface area contributed by atoms with E-state index in [4.69, 9.17) is 0 Å². The van der Waals surface area contributed by atoms with E-state index in [-0.39, 0.29) is 6.04 Å². The zero-order chi connectivity index (χ0) is 15.1. The number of hydrogen-bond acceptors (Lipinski definition) is 4. The van der Waals surface area contributed by atoms with E-state index >= 15 is 0 Å². The van der Waals surface area contributed by atoms with Crippen molar-refractivity contribution < 1.29 is 0 Å². The third kappa shape index (κ3) is 1.89. The summed E-state index contributed by atoms with van der Waals surface area (Å²) in [4.78, 5) is 13.4. The van der Waals surface area contributed by atoms with Gasteiger partial charge in [-0.3, -0.25) is 0 Å². The van der Waals surface area contributed by atoms with Crippen molar-refractivity contribution in [3.05, 3.63) is 46.9 Å². The number of nitriles is 1. The van der Waals surface area contributed by atoms with Crippen LogP contribution in [0.5, 0.6) is 0 Å². The summed E-state index contributed by atoms with van der Waals surface area (Å²) in [6.45, 7) is 0. The van der Waals surface area contributed by atoms with Crippen LogP contribution < -0.4 is 4.90 Å². The lowest BCUT2D eigenvalue weighted by Crippen LogP contribution is -2.44. The molecule has 2 unspecified atom stereocenters. The van der Waals surface area contributed by atoms with E-state index in [1.54, 1.807) is 0 Å². The molecular weight excluding hydrogens is 274 g/mol. The lowest BCUT2D eigenvalue weighted by Gasteiger charge is -2.39. The summed E-state index contributed by atoms with van der Waals surface area (Å²) < 4.78 is 0. The number of fused-ring (bicyclic) bond motifs is 3. The van der Waals surface area contributed by atoms with Crippen molar-refractivity contribution >= 4 is 16.5 Å². The van der Waals surface area contributed by atoms with Crippen LogP contribution in [0, 0.1) is 16.2 Å². The fourth-order valence-electron chi connectivity index (χ4n) is 4.23. The lowest BCUT2D eigenvalue weighted by atomic mass is 9.95. The molecule has 0 saturated carbocycles. The van der Waals surface area contributed by atoms with Crippen molar-refractivity contribution in [1.29, 1.82) is 5.26 Å². The number of benzene rings is 2. The fourth-order valence-corrected chi connectivity index (χ4v) is 4.23. The molecular formula is C18H17N3O. The van der Waals surface area contributed by atoms with Crippen LogP contribution >= 0.6 is 0 Å². The van der Waals surface area contributed by atoms with Gasteiger partial charge < -0.3 is 4.90 Å². The Labute approximate surface area is 129 Å². The molecule has 2 aliphatic heterocycles. The second-order valence-electron chi connectivity index (χ2n) is 6.31. The number of nitroso groups, excluding NO2 is 1. The van der Waals surface area contributed by atoms with Gasteiger partial charge in [0.25, 0.3) is 0 Å². The van der Waals surface area contributed by atoms with Crippen molar-refractivity contribution in [2.45, 2.75) is 43.8 Å². The molecule has 0 N–H and O–H groups in total. The summed E-state index contributed by atoms with van der Waals surface area (Å²) in [5, 5.41) is 14.7. The van der Waals surface area contributed by atoms with Gasteiger partial charge in [-0.05, 0) is 37.8 Å². The summed E-state index contributed by atoms with van der Waals surface area (Å²) in [6.07, 6.45) is 3.97. The molecule has 22 heavy (non-hydrogen) atoms. The average molecular weight is 291 g/mol. The molecule has 0 aromatic heterocycles. The van der Waals surface area contributed by atoms with Gasteiger partial charge in [-0.15, -0.1) is 0 Å². The molecule has 2 bridgehead atoms. The fraction of sp³-hybridized carbons (Fsp3) is 0.389. The van der Waals surface area contributed by atoms with Crippen molar-refractivity contribution in [1.82, 2.24) is 0 Å². The minimum absolute atomic E-state index is 0.0293. The molecule has 0 aliphatic carbocycles. The zero-order valence-corrected chi connectivity index (χ0v) is 12.3. The smallest absolute Gasteiger partial charge is 0.0998 e. The highest BCUT2D eigenvalue weighted by molar-refractivity contribution is 5.98. The molecule has 4 heteroatoms. The van der Waals surface area contributed by atoms with Crippen LogP contribution in [0.25, 0.3) is 10.8 Å². The summed E-state index contributed by atoms with van der Waals surface area (Å²) in [5.74, 6) is 0. The Bertz CT molecular complexity index is 765. The highest BCUT2D eigenvalue weighted by Gasteiger charge is 2.41. The second-order valence-corrected chi connectivity index (χ2v) is 6.31. The van der Waals surface area contributed by atoms with Gasteiger partial charge >= 0.3 is 0 Å². The standard InChI is InChI=1S/C18H17N3O/c19-11-12-5-8-18(17-4-2-1-3-16(12)17)21-14-6-7-15(21)10-13(9-14)20-22/h1-5,8,13-15H,6-7,9-10H2.